The molecule has 0 aromatic rings. The molecule has 0 rings (SSSR count). The van der Waals surface area contributed by atoms with Crippen molar-refractivity contribution >= 4 is 17.1 Å². The van der Waals surface area contributed by atoms with Crippen molar-refractivity contribution < 1.29 is 4.43 Å². The van der Waals surface area contributed by atoms with Crippen molar-refractivity contribution in [3.63, 3.8) is 0 Å². The van der Waals surface area contributed by atoms with Crippen molar-refractivity contribution in [3.05, 3.63) is 0 Å². The van der Waals surface area contributed by atoms with Crippen molar-refractivity contribution in [1.82, 2.24) is 0 Å². The molecule has 0 unspecified atom stereocenters. The van der Waals surface area contributed by atoms with Gasteiger partial charge in [-0.25, -0.2) is 0 Å². The van der Waals surface area contributed by atoms with Crippen LogP contribution in [0.3, 0.4) is 0 Å². The SMILES string of the molecule is CC[SiH](CC)OC(C)(C)[Si](C)(C)C. The zero-order valence-electron chi connectivity index (χ0n) is 10.4. The van der Waals surface area contributed by atoms with Gasteiger partial charge in [0.25, 0.3) is 0 Å². The van der Waals surface area contributed by atoms with Crippen LogP contribution in [0.1, 0.15) is 27.7 Å². The summed E-state index contributed by atoms with van der Waals surface area (Å²) in [5, 5.41) is 0.163. The zero-order valence-corrected chi connectivity index (χ0v) is 12.6. The van der Waals surface area contributed by atoms with Gasteiger partial charge in [-0.05, 0) is 25.9 Å². The predicted molar refractivity (Wildman–Crippen MR) is 66.6 cm³/mol. The molecule has 0 aliphatic rings. The topological polar surface area (TPSA) is 9.23 Å². The van der Waals surface area contributed by atoms with Crippen molar-refractivity contribution in [2.75, 3.05) is 0 Å². The highest BCUT2D eigenvalue weighted by Gasteiger charge is 2.36. The monoisotopic (exact) mass is 218 g/mol. The van der Waals surface area contributed by atoms with E-state index in [-0.39, 0.29) is 5.22 Å². The molecule has 0 spiro atoms. The van der Waals surface area contributed by atoms with Crippen LogP contribution in [0.25, 0.3) is 0 Å². The highest BCUT2D eigenvalue weighted by molar-refractivity contribution is 6.79. The molecule has 0 bridgehead atoms. The molecule has 0 fully saturated rings. The van der Waals surface area contributed by atoms with Gasteiger partial charge in [-0.3, -0.25) is 0 Å². The molecule has 80 valence electrons. The second kappa shape index (κ2) is 4.76. The minimum atomic E-state index is -1.17. The summed E-state index contributed by atoms with van der Waals surface area (Å²) in [5.74, 6) is 0. The molecule has 0 aliphatic carbocycles. The summed E-state index contributed by atoms with van der Waals surface area (Å²) in [6.07, 6.45) is 0. The van der Waals surface area contributed by atoms with Crippen LogP contribution in [0.4, 0.5) is 0 Å². The highest BCUT2D eigenvalue weighted by atomic mass is 28.3. The van der Waals surface area contributed by atoms with Gasteiger partial charge in [0.05, 0.1) is 8.07 Å². The van der Waals surface area contributed by atoms with Gasteiger partial charge in [0.1, 0.15) is 0 Å². The van der Waals surface area contributed by atoms with Gasteiger partial charge in [-0.2, -0.15) is 0 Å². The summed E-state index contributed by atoms with van der Waals surface area (Å²) in [7, 11) is -2.05. The number of hydrogen-bond donors (Lipinski definition) is 0. The van der Waals surface area contributed by atoms with Gasteiger partial charge in [-0.15, -0.1) is 0 Å². The van der Waals surface area contributed by atoms with Crippen LogP contribution in [-0.4, -0.2) is 22.3 Å². The second-order valence-electron chi connectivity index (χ2n) is 5.32. The van der Waals surface area contributed by atoms with E-state index in [0.717, 1.165) is 0 Å². The fraction of sp³-hybridized carbons (Fsp3) is 1.00. The van der Waals surface area contributed by atoms with Crippen LogP contribution in [-0.2, 0) is 4.43 Å². The Kier molecular flexibility index (Phi) is 4.90. The van der Waals surface area contributed by atoms with E-state index in [2.05, 4.69) is 47.3 Å². The van der Waals surface area contributed by atoms with E-state index in [4.69, 9.17) is 4.43 Å². The molecule has 3 heteroatoms. The highest BCUT2D eigenvalue weighted by Crippen LogP contribution is 2.26. The molecule has 0 saturated heterocycles. The predicted octanol–water partition coefficient (Wildman–Crippen LogP) is 3.42. The first-order chi connectivity index (χ1) is 5.74. The second-order valence-corrected chi connectivity index (χ2v) is 14.1. The quantitative estimate of drug-likeness (QED) is 0.643. The van der Waals surface area contributed by atoms with E-state index >= 15 is 0 Å². The molecule has 0 aromatic heterocycles. The van der Waals surface area contributed by atoms with Gasteiger partial charge in [0.15, 0.2) is 9.04 Å². The summed E-state index contributed by atoms with van der Waals surface area (Å²) < 4.78 is 6.30. The van der Waals surface area contributed by atoms with Crippen molar-refractivity contribution in [2.24, 2.45) is 0 Å². The first-order valence-electron chi connectivity index (χ1n) is 5.42. The zero-order chi connectivity index (χ0) is 10.7. The maximum Gasteiger partial charge on any atom is 0.176 e. The van der Waals surface area contributed by atoms with Gasteiger partial charge in [-0.1, -0.05) is 33.5 Å². The van der Waals surface area contributed by atoms with E-state index in [1.807, 2.05) is 0 Å². The first-order valence-corrected chi connectivity index (χ1v) is 11.0. The van der Waals surface area contributed by atoms with E-state index in [0.29, 0.717) is 0 Å². The van der Waals surface area contributed by atoms with Crippen LogP contribution in [0.15, 0.2) is 0 Å². The fourth-order valence-corrected chi connectivity index (χ4v) is 4.71. The molecular formula is C10H26OSi2. The summed E-state index contributed by atoms with van der Waals surface area (Å²) in [6.45, 7) is 16.3. The third-order valence-corrected chi connectivity index (χ3v) is 9.89. The lowest BCUT2D eigenvalue weighted by Gasteiger charge is -2.40. The number of hydrogen-bond acceptors (Lipinski definition) is 1. The lowest BCUT2D eigenvalue weighted by molar-refractivity contribution is 0.183. The summed E-state index contributed by atoms with van der Waals surface area (Å²) in [6, 6.07) is 2.54. The Morgan fingerprint density at radius 1 is 1.08 bits per heavy atom. The Balaban J connectivity index is 4.31. The van der Waals surface area contributed by atoms with Crippen LogP contribution in [0, 0.1) is 0 Å². The summed E-state index contributed by atoms with van der Waals surface area (Å²) in [5.41, 5.74) is 0. The molecule has 13 heavy (non-hydrogen) atoms. The Labute approximate surface area is 86.6 Å². The van der Waals surface area contributed by atoms with E-state index in [1.54, 1.807) is 0 Å². The van der Waals surface area contributed by atoms with Gasteiger partial charge >= 0.3 is 0 Å². The van der Waals surface area contributed by atoms with Crippen molar-refractivity contribution in [2.45, 2.75) is 64.6 Å². The van der Waals surface area contributed by atoms with Crippen LogP contribution in [0.5, 0.6) is 0 Å². The van der Waals surface area contributed by atoms with Gasteiger partial charge in [0.2, 0.25) is 0 Å². The molecule has 0 N–H and O–H groups in total. The molecule has 0 aliphatic heterocycles. The molecule has 0 saturated carbocycles. The Bertz CT molecular complexity index is 145. The third kappa shape index (κ3) is 3.96. The average Bonchev–Trinajstić information content (AvgIpc) is 1.98. The standard InChI is InChI=1S/C10H26OSi2/c1-8-12(9-2)11-10(3,4)13(5,6)7/h12H,8-9H2,1-7H3. The van der Waals surface area contributed by atoms with Crippen molar-refractivity contribution in [3.8, 4) is 0 Å². The van der Waals surface area contributed by atoms with Crippen LogP contribution >= 0.6 is 0 Å². The largest absolute Gasteiger partial charge is 0.418 e. The van der Waals surface area contributed by atoms with Crippen LogP contribution in [0.2, 0.25) is 31.7 Å². The lowest BCUT2D eigenvalue weighted by atomic mass is 10.5. The maximum atomic E-state index is 6.30. The molecule has 0 aromatic carbocycles. The van der Waals surface area contributed by atoms with Crippen LogP contribution < -0.4 is 0 Å². The normalized spacial score (nSPS) is 13.8. The van der Waals surface area contributed by atoms with E-state index in [9.17, 15) is 0 Å². The minimum absolute atomic E-state index is 0.163. The first kappa shape index (κ1) is 13.4. The summed E-state index contributed by atoms with van der Waals surface area (Å²) >= 11 is 0. The Hall–Kier alpha value is 0.394. The average molecular weight is 218 g/mol. The molecule has 0 heterocycles. The Morgan fingerprint density at radius 3 is 1.69 bits per heavy atom. The minimum Gasteiger partial charge on any atom is -0.418 e. The molecule has 0 amide bonds. The molecule has 0 atom stereocenters. The number of rotatable bonds is 5. The van der Waals surface area contributed by atoms with E-state index in [1.165, 1.54) is 12.1 Å². The van der Waals surface area contributed by atoms with Crippen molar-refractivity contribution in [1.29, 1.82) is 0 Å². The lowest BCUT2D eigenvalue weighted by Crippen LogP contribution is -2.52. The van der Waals surface area contributed by atoms with Gasteiger partial charge in [0, 0.05) is 5.22 Å². The third-order valence-electron chi connectivity index (χ3n) is 3.18. The molecule has 0 radical (unpaired) electrons. The molecular weight excluding hydrogens is 192 g/mol. The summed E-state index contributed by atoms with van der Waals surface area (Å²) in [4.78, 5) is 0. The maximum absolute atomic E-state index is 6.30. The Morgan fingerprint density at radius 2 is 1.46 bits per heavy atom. The fourth-order valence-electron chi connectivity index (χ4n) is 1.05. The smallest absolute Gasteiger partial charge is 0.176 e. The van der Waals surface area contributed by atoms with E-state index < -0.39 is 17.1 Å². The van der Waals surface area contributed by atoms with Gasteiger partial charge < -0.3 is 4.43 Å². The molecule has 1 nitrogen and oxygen atoms in total.